The quantitative estimate of drug-likeness (QED) is 0.896. The lowest BCUT2D eigenvalue weighted by Crippen LogP contribution is -2.42. The summed E-state index contributed by atoms with van der Waals surface area (Å²) in [5, 5.41) is 14.2. The number of hydrogen-bond acceptors (Lipinski definition) is 3. The fourth-order valence-corrected chi connectivity index (χ4v) is 3.09. The first-order chi connectivity index (χ1) is 9.63. The molecule has 1 heterocycles. The van der Waals surface area contributed by atoms with E-state index in [1.165, 1.54) is 24.1 Å². The number of rotatable bonds is 4. The van der Waals surface area contributed by atoms with Gasteiger partial charge in [-0.2, -0.15) is 0 Å². The molecule has 4 heteroatoms. The van der Waals surface area contributed by atoms with Gasteiger partial charge >= 0.3 is 0 Å². The second kappa shape index (κ2) is 5.92. The molecule has 0 aromatic heterocycles. The Morgan fingerprint density at radius 3 is 2.85 bits per heavy atom. The molecule has 1 aliphatic carbocycles. The molecule has 2 unspecified atom stereocenters. The molecule has 20 heavy (non-hydrogen) atoms. The third-order valence-corrected chi connectivity index (χ3v) is 4.64. The van der Waals surface area contributed by atoms with E-state index >= 15 is 0 Å². The minimum Gasteiger partial charge on any atom is -0.393 e. The van der Waals surface area contributed by atoms with E-state index in [1.807, 2.05) is 6.07 Å². The highest BCUT2D eigenvalue weighted by atomic mass is 35.5. The summed E-state index contributed by atoms with van der Waals surface area (Å²) in [6.07, 6.45) is 3.27. The molecule has 1 saturated heterocycles. The molecule has 1 saturated carbocycles. The topological polar surface area (TPSA) is 35.5 Å². The SMILES string of the molecule is CC1CN(c2ccc(Cl)cc2CNC2CC2)CCC1O. The largest absolute Gasteiger partial charge is 0.393 e. The molecule has 3 rings (SSSR count). The molecular formula is C16H23ClN2O. The second-order valence-corrected chi connectivity index (χ2v) is 6.64. The zero-order valence-electron chi connectivity index (χ0n) is 12.0. The maximum Gasteiger partial charge on any atom is 0.0599 e. The van der Waals surface area contributed by atoms with E-state index in [9.17, 15) is 5.11 Å². The molecule has 2 atom stereocenters. The average Bonchev–Trinajstić information content (AvgIpc) is 3.24. The van der Waals surface area contributed by atoms with Gasteiger partial charge in [0.25, 0.3) is 0 Å². The lowest BCUT2D eigenvalue weighted by Gasteiger charge is -2.37. The maximum atomic E-state index is 9.88. The molecular weight excluding hydrogens is 272 g/mol. The summed E-state index contributed by atoms with van der Waals surface area (Å²) in [5.74, 6) is 0.323. The average molecular weight is 295 g/mol. The van der Waals surface area contributed by atoms with Crippen LogP contribution >= 0.6 is 11.6 Å². The van der Waals surface area contributed by atoms with Crippen LogP contribution in [0.25, 0.3) is 0 Å². The Morgan fingerprint density at radius 2 is 2.15 bits per heavy atom. The van der Waals surface area contributed by atoms with E-state index in [2.05, 4.69) is 29.3 Å². The van der Waals surface area contributed by atoms with Gasteiger partial charge in [0.05, 0.1) is 6.10 Å². The number of aliphatic hydroxyl groups is 1. The highest BCUT2D eigenvalue weighted by molar-refractivity contribution is 6.30. The molecule has 0 bridgehead atoms. The molecule has 1 aromatic rings. The number of benzene rings is 1. The van der Waals surface area contributed by atoms with E-state index < -0.39 is 0 Å². The Bertz CT molecular complexity index is 476. The van der Waals surface area contributed by atoms with Crippen molar-refractivity contribution in [2.45, 2.75) is 44.9 Å². The number of anilines is 1. The third-order valence-electron chi connectivity index (χ3n) is 4.40. The molecule has 2 N–H and O–H groups in total. The Kier molecular flexibility index (Phi) is 4.20. The Morgan fingerprint density at radius 1 is 1.35 bits per heavy atom. The lowest BCUT2D eigenvalue weighted by molar-refractivity contribution is 0.0970. The number of halogens is 1. The van der Waals surface area contributed by atoms with Crippen LogP contribution < -0.4 is 10.2 Å². The van der Waals surface area contributed by atoms with Crippen molar-refractivity contribution in [2.75, 3.05) is 18.0 Å². The summed E-state index contributed by atoms with van der Waals surface area (Å²) in [7, 11) is 0. The number of hydrogen-bond donors (Lipinski definition) is 2. The van der Waals surface area contributed by atoms with Crippen LogP contribution in [0.2, 0.25) is 5.02 Å². The van der Waals surface area contributed by atoms with Gasteiger partial charge in [-0.3, -0.25) is 0 Å². The van der Waals surface area contributed by atoms with Gasteiger partial charge in [0.2, 0.25) is 0 Å². The van der Waals surface area contributed by atoms with Gasteiger partial charge in [0.1, 0.15) is 0 Å². The van der Waals surface area contributed by atoms with E-state index in [0.29, 0.717) is 12.0 Å². The summed E-state index contributed by atoms with van der Waals surface area (Å²) < 4.78 is 0. The fraction of sp³-hybridized carbons (Fsp3) is 0.625. The highest BCUT2D eigenvalue weighted by Gasteiger charge is 2.26. The summed E-state index contributed by atoms with van der Waals surface area (Å²) in [5.41, 5.74) is 2.54. The Hall–Kier alpha value is -0.770. The number of nitrogens with one attached hydrogen (secondary N) is 1. The van der Waals surface area contributed by atoms with Gasteiger partial charge in [0.15, 0.2) is 0 Å². The van der Waals surface area contributed by atoms with Crippen molar-refractivity contribution in [1.82, 2.24) is 5.32 Å². The van der Waals surface area contributed by atoms with Crippen LogP contribution in [0.4, 0.5) is 5.69 Å². The lowest BCUT2D eigenvalue weighted by atomic mass is 9.95. The van der Waals surface area contributed by atoms with Crippen molar-refractivity contribution in [3.8, 4) is 0 Å². The first-order valence-electron chi connectivity index (χ1n) is 7.58. The van der Waals surface area contributed by atoms with Crippen molar-refractivity contribution in [2.24, 2.45) is 5.92 Å². The predicted molar refractivity (Wildman–Crippen MR) is 83.3 cm³/mol. The fourth-order valence-electron chi connectivity index (χ4n) is 2.90. The standard InChI is InChI=1S/C16H23ClN2O/c1-11-10-19(7-6-16(11)20)15-5-2-13(17)8-12(15)9-18-14-3-4-14/h2,5,8,11,14,16,18,20H,3-4,6-7,9-10H2,1H3. The zero-order chi connectivity index (χ0) is 14.1. The van der Waals surface area contributed by atoms with Crippen LogP contribution in [0.3, 0.4) is 0 Å². The van der Waals surface area contributed by atoms with E-state index in [1.54, 1.807) is 0 Å². The minimum atomic E-state index is -0.161. The zero-order valence-corrected chi connectivity index (χ0v) is 12.7. The molecule has 0 radical (unpaired) electrons. The molecule has 1 aliphatic heterocycles. The van der Waals surface area contributed by atoms with E-state index in [0.717, 1.165) is 31.1 Å². The molecule has 0 amide bonds. The minimum absolute atomic E-state index is 0.161. The highest BCUT2D eigenvalue weighted by Crippen LogP contribution is 2.29. The van der Waals surface area contributed by atoms with E-state index in [-0.39, 0.29) is 6.10 Å². The molecule has 3 nitrogen and oxygen atoms in total. The number of piperidine rings is 1. The maximum absolute atomic E-state index is 9.88. The van der Waals surface area contributed by atoms with Crippen molar-refractivity contribution >= 4 is 17.3 Å². The first-order valence-corrected chi connectivity index (χ1v) is 7.96. The van der Waals surface area contributed by atoms with Gasteiger partial charge in [0, 0.05) is 36.4 Å². The summed E-state index contributed by atoms with van der Waals surface area (Å²) in [4.78, 5) is 2.39. The smallest absolute Gasteiger partial charge is 0.0599 e. The first kappa shape index (κ1) is 14.2. The summed E-state index contributed by atoms with van der Waals surface area (Å²) in [6.45, 7) is 4.84. The number of aliphatic hydroxyl groups excluding tert-OH is 1. The number of nitrogens with zero attached hydrogens (tertiary/aromatic N) is 1. The molecule has 0 spiro atoms. The normalized spacial score (nSPS) is 26.9. The van der Waals surface area contributed by atoms with Crippen LogP contribution in [0.15, 0.2) is 18.2 Å². The monoisotopic (exact) mass is 294 g/mol. The van der Waals surface area contributed by atoms with Gasteiger partial charge in [-0.1, -0.05) is 18.5 Å². The summed E-state index contributed by atoms with van der Waals surface area (Å²) >= 11 is 6.15. The molecule has 2 aliphatic rings. The van der Waals surface area contributed by atoms with Crippen LogP contribution in [-0.2, 0) is 6.54 Å². The van der Waals surface area contributed by atoms with Gasteiger partial charge in [-0.15, -0.1) is 0 Å². The van der Waals surface area contributed by atoms with Crippen LogP contribution in [0.1, 0.15) is 31.7 Å². The summed E-state index contributed by atoms with van der Waals surface area (Å²) in [6, 6.07) is 6.86. The third kappa shape index (κ3) is 3.27. The molecule has 110 valence electrons. The van der Waals surface area contributed by atoms with Gasteiger partial charge in [-0.25, -0.2) is 0 Å². The van der Waals surface area contributed by atoms with Crippen LogP contribution in [0, 0.1) is 5.92 Å². The van der Waals surface area contributed by atoms with Crippen molar-refractivity contribution in [3.63, 3.8) is 0 Å². The second-order valence-electron chi connectivity index (χ2n) is 6.21. The molecule has 1 aromatic carbocycles. The Balaban J connectivity index is 1.76. The van der Waals surface area contributed by atoms with Gasteiger partial charge < -0.3 is 15.3 Å². The predicted octanol–water partition coefficient (Wildman–Crippen LogP) is 2.80. The van der Waals surface area contributed by atoms with Crippen molar-refractivity contribution in [1.29, 1.82) is 0 Å². The van der Waals surface area contributed by atoms with Gasteiger partial charge in [-0.05, 0) is 48.9 Å². The Labute approximate surface area is 125 Å². The van der Waals surface area contributed by atoms with Crippen molar-refractivity contribution < 1.29 is 5.11 Å². The van der Waals surface area contributed by atoms with Crippen molar-refractivity contribution in [3.05, 3.63) is 28.8 Å². The van der Waals surface area contributed by atoms with E-state index in [4.69, 9.17) is 11.6 Å². The van der Waals surface area contributed by atoms with Crippen LogP contribution in [-0.4, -0.2) is 30.3 Å². The molecule has 2 fully saturated rings. The van der Waals surface area contributed by atoms with Crippen LogP contribution in [0.5, 0.6) is 0 Å².